The average molecular weight is 170 g/mol. The molecule has 72 valence electrons. The summed E-state index contributed by atoms with van der Waals surface area (Å²) in [6.45, 7) is 9.65. The van der Waals surface area contributed by atoms with Crippen LogP contribution in [0, 0.1) is 5.41 Å². The van der Waals surface area contributed by atoms with Gasteiger partial charge in [0.1, 0.15) is 0 Å². The predicted molar refractivity (Wildman–Crippen MR) is 55.5 cm³/mol. The SMILES string of the molecule is CCCC(N)=NCCC(C)(C)C. The first-order chi connectivity index (χ1) is 5.45. The fraction of sp³-hybridized carbons (Fsp3) is 0.900. The van der Waals surface area contributed by atoms with Crippen LogP contribution < -0.4 is 5.73 Å². The molecule has 0 aliphatic heterocycles. The molecule has 0 aromatic rings. The van der Waals surface area contributed by atoms with Gasteiger partial charge in [-0.3, -0.25) is 4.99 Å². The van der Waals surface area contributed by atoms with E-state index >= 15 is 0 Å². The standard InChI is InChI=1S/C10H22N2/c1-5-6-9(11)12-8-7-10(2,3)4/h5-8H2,1-4H3,(H2,11,12). The second kappa shape index (κ2) is 5.18. The maximum absolute atomic E-state index is 5.66. The van der Waals surface area contributed by atoms with E-state index in [2.05, 4.69) is 32.7 Å². The number of nitrogens with zero attached hydrogens (tertiary/aromatic N) is 1. The lowest BCUT2D eigenvalue weighted by Crippen LogP contribution is -2.13. The van der Waals surface area contributed by atoms with Gasteiger partial charge in [-0.2, -0.15) is 0 Å². The Labute approximate surface area is 76.3 Å². The number of hydrogen-bond donors (Lipinski definition) is 1. The number of amidine groups is 1. The number of hydrogen-bond acceptors (Lipinski definition) is 1. The average Bonchev–Trinajstić information content (AvgIpc) is 1.84. The highest BCUT2D eigenvalue weighted by molar-refractivity contribution is 5.80. The molecular weight excluding hydrogens is 148 g/mol. The van der Waals surface area contributed by atoms with Gasteiger partial charge in [0.25, 0.3) is 0 Å². The quantitative estimate of drug-likeness (QED) is 0.511. The summed E-state index contributed by atoms with van der Waals surface area (Å²) in [4.78, 5) is 4.29. The zero-order chi connectivity index (χ0) is 9.61. The highest BCUT2D eigenvalue weighted by Gasteiger charge is 2.08. The van der Waals surface area contributed by atoms with Crippen molar-refractivity contribution in [1.82, 2.24) is 0 Å². The van der Waals surface area contributed by atoms with Gasteiger partial charge in [-0.1, -0.05) is 27.7 Å². The lowest BCUT2D eigenvalue weighted by Gasteiger charge is -2.15. The molecule has 0 saturated heterocycles. The summed E-state index contributed by atoms with van der Waals surface area (Å²) in [5.41, 5.74) is 6.03. The van der Waals surface area contributed by atoms with Crippen molar-refractivity contribution in [3.8, 4) is 0 Å². The van der Waals surface area contributed by atoms with Crippen molar-refractivity contribution < 1.29 is 0 Å². The van der Waals surface area contributed by atoms with Crippen molar-refractivity contribution >= 4 is 5.84 Å². The molecule has 0 bridgehead atoms. The molecular formula is C10H22N2. The van der Waals surface area contributed by atoms with E-state index in [-0.39, 0.29) is 0 Å². The summed E-state index contributed by atoms with van der Waals surface area (Å²) in [5, 5.41) is 0. The molecule has 2 heteroatoms. The van der Waals surface area contributed by atoms with Crippen LogP contribution in [-0.2, 0) is 0 Å². The van der Waals surface area contributed by atoms with E-state index in [0.717, 1.165) is 31.6 Å². The molecule has 0 fully saturated rings. The van der Waals surface area contributed by atoms with Gasteiger partial charge in [-0.25, -0.2) is 0 Å². The van der Waals surface area contributed by atoms with Crippen LogP contribution in [-0.4, -0.2) is 12.4 Å². The predicted octanol–water partition coefficient (Wildman–Crippen LogP) is 2.58. The van der Waals surface area contributed by atoms with Crippen molar-refractivity contribution in [1.29, 1.82) is 0 Å². The minimum absolute atomic E-state index is 0.371. The fourth-order valence-electron chi connectivity index (χ4n) is 0.870. The fourth-order valence-corrected chi connectivity index (χ4v) is 0.870. The molecule has 0 rings (SSSR count). The summed E-state index contributed by atoms with van der Waals surface area (Å²) in [6.07, 6.45) is 3.13. The minimum Gasteiger partial charge on any atom is -0.387 e. The molecule has 0 aliphatic carbocycles. The van der Waals surface area contributed by atoms with Gasteiger partial charge in [-0.05, 0) is 18.3 Å². The van der Waals surface area contributed by atoms with Gasteiger partial charge in [0, 0.05) is 13.0 Å². The van der Waals surface area contributed by atoms with Crippen molar-refractivity contribution in [3.05, 3.63) is 0 Å². The second-order valence-electron chi connectivity index (χ2n) is 4.43. The van der Waals surface area contributed by atoms with E-state index in [4.69, 9.17) is 5.73 Å². The zero-order valence-corrected chi connectivity index (χ0v) is 8.85. The summed E-state index contributed by atoms with van der Waals surface area (Å²) >= 11 is 0. The number of rotatable bonds is 4. The lowest BCUT2D eigenvalue weighted by atomic mass is 9.92. The largest absolute Gasteiger partial charge is 0.387 e. The third kappa shape index (κ3) is 7.58. The summed E-state index contributed by atoms with van der Waals surface area (Å²) in [7, 11) is 0. The van der Waals surface area contributed by atoms with Crippen molar-refractivity contribution in [2.45, 2.75) is 47.0 Å². The van der Waals surface area contributed by atoms with E-state index in [1.807, 2.05) is 0 Å². The molecule has 0 spiro atoms. The second-order valence-corrected chi connectivity index (χ2v) is 4.43. The van der Waals surface area contributed by atoms with Crippen molar-refractivity contribution in [2.75, 3.05) is 6.54 Å². The Bertz CT molecular complexity index is 142. The van der Waals surface area contributed by atoms with Gasteiger partial charge < -0.3 is 5.73 Å². The van der Waals surface area contributed by atoms with Gasteiger partial charge in [0.2, 0.25) is 0 Å². The van der Waals surface area contributed by atoms with Crippen molar-refractivity contribution in [3.63, 3.8) is 0 Å². The Hall–Kier alpha value is -0.530. The van der Waals surface area contributed by atoms with E-state index in [9.17, 15) is 0 Å². The third-order valence-corrected chi connectivity index (χ3v) is 1.68. The van der Waals surface area contributed by atoms with E-state index in [1.54, 1.807) is 0 Å². The first kappa shape index (κ1) is 11.5. The first-order valence-corrected chi connectivity index (χ1v) is 4.74. The molecule has 12 heavy (non-hydrogen) atoms. The molecule has 0 aromatic heterocycles. The molecule has 0 atom stereocenters. The number of nitrogens with two attached hydrogens (primary N) is 1. The molecule has 0 saturated carbocycles. The van der Waals surface area contributed by atoms with Crippen molar-refractivity contribution in [2.24, 2.45) is 16.1 Å². The van der Waals surface area contributed by atoms with Crippen LogP contribution in [0.15, 0.2) is 4.99 Å². The molecule has 0 aromatic carbocycles. The first-order valence-electron chi connectivity index (χ1n) is 4.74. The molecule has 0 radical (unpaired) electrons. The lowest BCUT2D eigenvalue weighted by molar-refractivity contribution is 0.385. The van der Waals surface area contributed by atoms with Crippen LogP contribution in [0.25, 0.3) is 0 Å². The highest BCUT2D eigenvalue weighted by Crippen LogP contribution is 2.17. The molecule has 0 aliphatic rings. The Morgan fingerprint density at radius 3 is 2.33 bits per heavy atom. The Morgan fingerprint density at radius 2 is 1.92 bits per heavy atom. The maximum Gasteiger partial charge on any atom is 0.0936 e. The van der Waals surface area contributed by atoms with E-state index in [1.165, 1.54) is 0 Å². The van der Waals surface area contributed by atoms with Gasteiger partial charge in [-0.15, -0.1) is 0 Å². The van der Waals surface area contributed by atoms with E-state index in [0.29, 0.717) is 5.41 Å². The Kier molecular flexibility index (Phi) is 4.95. The topological polar surface area (TPSA) is 38.4 Å². The Balaban J connectivity index is 3.60. The third-order valence-electron chi connectivity index (χ3n) is 1.68. The maximum atomic E-state index is 5.66. The summed E-state index contributed by atoms with van der Waals surface area (Å²) in [5.74, 6) is 0.807. The van der Waals surface area contributed by atoms with Crippen LogP contribution in [0.3, 0.4) is 0 Å². The van der Waals surface area contributed by atoms with Crippen LogP contribution in [0.2, 0.25) is 0 Å². The zero-order valence-electron chi connectivity index (χ0n) is 8.85. The van der Waals surface area contributed by atoms with Crippen LogP contribution >= 0.6 is 0 Å². The van der Waals surface area contributed by atoms with Crippen LogP contribution in [0.1, 0.15) is 47.0 Å². The monoisotopic (exact) mass is 170 g/mol. The molecule has 0 amide bonds. The molecule has 0 heterocycles. The van der Waals surface area contributed by atoms with Crippen LogP contribution in [0.4, 0.5) is 0 Å². The normalized spacial score (nSPS) is 13.5. The smallest absolute Gasteiger partial charge is 0.0936 e. The summed E-state index contributed by atoms with van der Waals surface area (Å²) < 4.78 is 0. The van der Waals surface area contributed by atoms with Gasteiger partial charge in [0.05, 0.1) is 5.84 Å². The summed E-state index contributed by atoms with van der Waals surface area (Å²) in [6, 6.07) is 0. The van der Waals surface area contributed by atoms with E-state index < -0.39 is 0 Å². The van der Waals surface area contributed by atoms with Crippen LogP contribution in [0.5, 0.6) is 0 Å². The molecule has 2 N–H and O–H groups in total. The molecule has 0 unspecified atom stereocenters. The minimum atomic E-state index is 0.371. The molecule has 2 nitrogen and oxygen atoms in total. The van der Waals surface area contributed by atoms with Gasteiger partial charge >= 0.3 is 0 Å². The Morgan fingerprint density at radius 1 is 1.33 bits per heavy atom. The van der Waals surface area contributed by atoms with Gasteiger partial charge in [0.15, 0.2) is 0 Å². The number of aliphatic imine (C=N–C) groups is 1. The highest BCUT2D eigenvalue weighted by atomic mass is 14.8.